The van der Waals surface area contributed by atoms with Crippen molar-refractivity contribution >= 4 is 5.96 Å². The summed E-state index contributed by atoms with van der Waals surface area (Å²) in [5, 5.41) is 6.69. The summed E-state index contributed by atoms with van der Waals surface area (Å²) in [5.41, 5.74) is -0.234. The van der Waals surface area contributed by atoms with Crippen molar-refractivity contribution in [1.82, 2.24) is 15.5 Å². The average Bonchev–Trinajstić information content (AvgIpc) is 2.48. The van der Waals surface area contributed by atoms with Gasteiger partial charge in [0.05, 0.1) is 24.4 Å². The Hall–Kier alpha value is -0.850. The minimum Gasteiger partial charge on any atom is -0.377 e. The molecular formula is C17H36N4O2. The smallest absolute Gasteiger partial charge is 0.191 e. The van der Waals surface area contributed by atoms with E-state index in [1.165, 1.54) is 0 Å². The second kappa shape index (κ2) is 10.1. The predicted molar refractivity (Wildman–Crippen MR) is 96.1 cm³/mol. The van der Waals surface area contributed by atoms with Crippen molar-refractivity contribution in [3.05, 3.63) is 0 Å². The molecule has 0 aromatic carbocycles. The maximum absolute atomic E-state index is 5.77. The van der Waals surface area contributed by atoms with Crippen LogP contribution in [0.25, 0.3) is 0 Å². The molecule has 0 bridgehead atoms. The van der Waals surface area contributed by atoms with Gasteiger partial charge in [0.1, 0.15) is 0 Å². The van der Waals surface area contributed by atoms with Gasteiger partial charge in [-0.3, -0.25) is 9.89 Å². The van der Waals surface area contributed by atoms with Crippen LogP contribution in [0.5, 0.6) is 0 Å². The van der Waals surface area contributed by atoms with Gasteiger partial charge in [-0.2, -0.15) is 0 Å². The van der Waals surface area contributed by atoms with E-state index in [9.17, 15) is 0 Å². The lowest BCUT2D eigenvalue weighted by molar-refractivity contribution is -0.0679. The van der Waals surface area contributed by atoms with Gasteiger partial charge in [-0.25, -0.2) is 0 Å². The molecule has 23 heavy (non-hydrogen) atoms. The normalized spacial score (nSPS) is 23.8. The van der Waals surface area contributed by atoms with Crippen LogP contribution in [-0.4, -0.2) is 75.0 Å². The molecule has 0 saturated carbocycles. The summed E-state index contributed by atoms with van der Waals surface area (Å²) in [4.78, 5) is 7.08. The van der Waals surface area contributed by atoms with Gasteiger partial charge in [-0.1, -0.05) is 0 Å². The number of nitrogens with zero attached hydrogens (tertiary/aromatic N) is 2. The number of rotatable bonds is 8. The molecule has 1 heterocycles. The lowest BCUT2D eigenvalue weighted by Gasteiger charge is -2.35. The van der Waals surface area contributed by atoms with Gasteiger partial charge >= 0.3 is 0 Å². The third-order valence-corrected chi connectivity index (χ3v) is 3.95. The van der Waals surface area contributed by atoms with E-state index in [2.05, 4.69) is 41.3 Å². The van der Waals surface area contributed by atoms with Crippen molar-refractivity contribution in [2.75, 3.05) is 46.4 Å². The third-order valence-electron chi connectivity index (χ3n) is 3.95. The third kappa shape index (κ3) is 8.53. The highest BCUT2D eigenvalue weighted by Crippen LogP contribution is 2.10. The van der Waals surface area contributed by atoms with Gasteiger partial charge in [0.2, 0.25) is 0 Å². The standard InChI is InChI=1S/C17H36N4O2/c1-7-18-16(20-13-17(4,5)22-6)19-9-8-10-21-11-14(2)23-15(3)12-21/h14-15H,7-13H2,1-6H3,(H2,18,19,20). The summed E-state index contributed by atoms with van der Waals surface area (Å²) in [5.74, 6) is 0.862. The van der Waals surface area contributed by atoms with Gasteiger partial charge in [0.25, 0.3) is 0 Å². The van der Waals surface area contributed by atoms with Gasteiger partial charge in [-0.15, -0.1) is 0 Å². The first kappa shape index (κ1) is 20.2. The van der Waals surface area contributed by atoms with Crippen LogP contribution in [0.3, 0.4) is 0 Å². The highest BCUT2D eigenvalue weighted by Gasteiger charge is 2.21. The van der Waals surface area contributed by atoms with Crippen LogP contribution in [0, 0.1) is 0 Å². The van der Waals surface area contributed by atoms with Crippen LogP contribution in [0.4, 0.5) is 0 Å². The van der Waals surface area contributed by atoms with Gasteiger partial charge in [0, 0.05) is 39.8 Å². The van der Waals surface area contributed by atoms with E-state index < -0.39 is 0 Å². The first-order valence-electron chi connectivity index (χ1n) is 8.81. The number of methoxy groups -OCH3 is 1. The van der Waals surface area contributed by atoms with Crippen molar-refractivity contribution < 1.29 is 9.47 Å². The van der Waals surface area contributed by atoms with Crippen molar-refractivity contribution in [2.24, 2.45) is 4.99 Å². The quantitative estimate of drug-likeness (QED) is 0.401. The van der Waals surface area contributed by atoms with Crippen LogP contribution >= 0.6 is 0 Å². The van der Waals surface area contributed by atoms with Gasteiger partial charge in [-0.05, 0) is 41.0 Å². The predicted octanol–water partition coefficient (Wildman–Crippen LogP) is 1.47. The Morgan fingerprint density at radius 3 is 2.48 bits per heavy atom. The number of hydrogen-bond donors (Lipinski definition) is 2. The highest BCUT2D eigenvalue weighted by molar-refractivity contribution is 5.79. The van der Waals surface area contributed by atoms with E-state index >= 15 is 0 Å². The molecular weight excluding hydrogens is 292 g/mol. The summed E-state index contributed by atoms with van der Waals surface area (Å²) in [7, 11) is 1.72. The Balaban J connectivity index is 2.31. The molecule has 1 rings (SSSR count). The first-order valence-corrected chi connectivity index (χ1v) is 8.81. The lowest BCUT2D eigenvalue weighted by atomic mass is 10.1. The molecule has 0 radical (unpaired) electrons. The molecule has 0 amide bonds. The maximum atomic E-state index is 5.77. The molecule has 1 saturated heterocycles. The largest absolute Gasteiger partial charge is 0.377 e. The summed E-state index contributed by atoms with van der Waals surface area (Å²) in [6.45, 7) is 16.0. The summed E-state index contributed by atoms with van der Waals surface area (Å²) in [6.07, 6.45) is 1.76. The molecule has 6 nitrogen and oxygen atoms in total. The summed E-state index contributed by atoms with van der Waals surface area (Å²) in [6, 6.07) is 0. The topological polar surface area (TPSA) is 58.1 Å². The highest BCUT2D eigenvalue weighted by atomic mass is 16.5. The molecule has 136 valence electrons. The fraction of sp³-hybridized carbons (Fsp3) is 0.941. The molecule has 6 heteroatoms. The minimum atomic E-state index is -0.234. The van der Waals surface area contributed by atoms with Crippen molar-refractivity contribution in [1.29, 1.82) is 0 Å². The molecule has 1 aliphatic heterocycles. The number of nitrogens with one attached hydrogen (secondary N) is 2. The molecule has 0 aliphatic carbocycles. The summed E-state index contributed by atoms with van der Waals surface area (Å²) < 4.78 is 11.2. The fourth-order valence-corrected chi connectivity index (χ4v) is 2.65. The first-order chi connectivity index (χ1) is 10.9. The number of hydrogen-bond acceptors (Lipinski definition) is 4. The zero-order chi connectivity index (χ0) is 17.3. The van der Waals surface area contributed by atoms with Crippen molar-refractivity contribution in [3.63, 3.8) is 0 Å². The van der Waals surface area contributed by atoms with Gasteiger partial charge in [0.15, 0.2) is 5.96 Å². The molecule has 0 aromatic heterocycles. The molecule has 2 unspecified atom stereocenters. The van der Waals surface area contributed by atoms with Crippen LogP contribution in [0.1, 0.15) is 41.0 Å². The zero-order valence-electron chi connectivity index (χ0n) is 15.8. The fourth-order valence-electron chi connectivity index (χ4n) is 2.65. The van der Waals surface area contributed by atoms with E-state index in [1.807, 2.05) is 13.8 Å². The van der Waals surface area contributed by atoms with Crippen molar-refractivity contribution in [2.45, 2.75) is 58.8 Å². The van der Waals surface area contributed by atoms with E-state index in [-0.39, 0.29) is 5.60 Å². The molecule has 2 atom stereocenters. The number of guanidine groups is 1. The van der Waals surface area contributed by atoms with Crippen LogP contribution in [0.15, 0.2) is 4.99 Å². The zero-order valence-corrected chi connectivity index (χ0v) is 15.8. The summed E-state index contributed by atoms with van der Waals surface area (Å²) >= 11 is 0. The Morgan fingerprint density at radius 1 is 1.26 bits per heavy atom. The van der Waals surface area contributed by atoms with E-state index in [4.69, 9.17) is 9.47 Å². The Bertz CT molecular complexity index is 351. The number of morpholine rings is 1. The van der Waals surface area contributed by atoms with Crippen LogP contribution < -0.4 is 10.6 Å². The second-order valence-electron chi connectivity index (χ2n) is 6.96. The minimum absolute atomic E-state index is 0.234. The van der Waals surface area contributed by atoms with Gasteiger partial charge < -0.3 is 20.1 Å². The Labute approximate surface area is 142 Å². The molecule has 1 aliphatic rings. The van der Waals surface area contributed by atoms with E-state index in [0.29, 0.717) is 18.8 Å². The second-order valence-corrected chi connectivity index (χ2v) is 6.96. The Morgan fingerprint density at radius 2 is 1.91 bits per heavy atom. The molecule has 0 spiro atoms. The van der Waals surface area contributed by atoms with E-state index in [0.717, 1.165) is 45.1 Å². The Kier molecular flexibility index (Phi) is 8.87. The molecule has 1 fully saturated rings. The monoisotopic (exact) mass is 328 g/mol. The number of aliphatic imine (C=N–C) groups is 1. The SMILES string of the molecule is CCNC(=NCC(C)(C)OC)NCCCN1CC(C)OC(C)C1. The van der Waals surface area contributed by atoms with Crippen LogP contribution in [0.2, 0.25) is 0 Å². The molecule has 0 aromatic rings. The molecule has 2 N–H and O–H groups in total. The van der Waals surface area contributed by atoms with Crippen LogP contribution in [-0.2, 0) is 9.47 Å². The lowest BCUT2D eigenvalue weighted by Crippen LogP contribution is -2.46. The number of ether oxygens (including phenoxy) is 2. The average molecular weight is 329 g/mol. The van der Waals surface area contributed by atoms with E-state index in [1.54, 1.807) is 7.11 Å². The maximum Gasteiger partial charge on any atom is 0.191 e. The van der Waals surface area contributed by atoms with Crippen molar-refractivity contribution in [3.8, 4) is 0 Å².